The zero-order chi connectivity index (χ0) is 23.6. The molecule has 0 saturated carbocycles. The molecule has 0 spiro atoms. The zero-order valence-electron chi connectivity index (χ0n) is 15.8. The molecule has 2 amide bonds. The van der Waals surface area contributed by atoms with Gasteiger partial charge >= 0.3 is 6.36 Å². The molecule has 0 radical (unpaired) electrons. The van der Waals surface area contributed by atoms with Crippen LogP contribution in [0.5, 0.6) is 5.75 Å². The quantitative estimate of drug-likeness (QED) is 0.498. The molecule has 1 aliphatic rings. The Bertz CT molecular complexity index is 1110. The van der Waals surface area contributed by atoms with Gasteiger partial charge in [-0.15, -0.1) is 23.8 Å². The normalized spacial score (nSPS) is 13.3. The smallest absolute Gasteiger partial charge is 0.404 e. The molecule has 3 rings (SSSR count). The van der Waals surface area contributed by atoms with Gasteiger partial charge in [-0.1, -0.05) is 34.8 Å². The minimum atomic E-state index is -5.09. The Morgan fingerprint density at radius 3 is 2.31 bits per heavy atom. The van der Waals surface area contributed by atoms with Gasteiger partial charge in [-0.25, -0.2) is 5.53 Å². The molecule has 2 aromatic rings. The summed E-state index contributed by atoms with van der Waals surface area (Å²) < 4.78 is 42.5. The molecule has 4 N–H and O–H groups in total. The number of amides is 2. The highest BCUT2D eigenvalue weighted by Crippen LogP contribution is 2.39. The molecule has 170 valence electrons. The first-order valence-electron chi connectivity index (χ1n) is 8.44. The first-order valence-corrected chi connectivity index (χ1v) is 9.57. The molecule has 0 atom stereocenters. The second-order valence-electron chi connectivity index (χ2n) is 6.10. The van der Waals surface area contributed by atoms with Crippen LogP contribution in [-0.4, -0.2) is 36.2 Å². The van der Waals surface area contributed by atoms with Crippen LogP contribution < -0.4 is 26.4 Å². The van der Waals surface area contributed by atoms with Crippen molar-refractivity contribution in [3.8, 4) is 5.75 Å². The van der Waals surface area contributed by atoms with Crippen molar-refractivity contribution in [2.45, 2.75) is 6.36 Å². The third kappa shape index (κ3) is 5.46. The molecule has 0 aliphatic carbocycles. The maximum absolute atomic E-state index is 12.9. The summed E-state index contributed by atoms with van der Waals surface area (Å²) in [4.78, 5) is 25.2. The number of hydrazone groups is 1. The van der Waals surface area contributed by atoms with Crippen LogP contribution in [0.25, 0.3) is 0 Å². The summed E-state index contributed by atoms with van der Waals surface area (Å²) in [5.74, 6) is -2.51. The first-order chi connectivity index (χ1) is 15.0. The molecule has 0 saturated heterocycles. The van der Waals surface area contributed by atoms with E-state index in [1.807, 2.05) is 0 Å². The highest BCUT2D eigenvalue weighted by Gasteiger charge is 2.34. The minimum Gasteiger partial charge on any atom is -0.404 e. The maximum atomic E-state index is 12.9. The number of benzene rings is 2. The number of hydrogen-bond acceptors (Lipinski definition) is 7. The summed E-state index contributed by atoms with van der Waals surface area (Å²) in [5, 5.41) is 9.34. The van der Waals surface area contributed by atoms with E-state index < -0.39 is 34.6 Å². The van der Waals surface area contributed by atoms with Gasteiger partial charge < -0.3 is 10.1 Å². The Labute approximate surface area is 193 Å². The third-order valence-corrected chi connectivity index (χ3v) is 4.85. The lowest BCUT2D eigenvalue weighted by molar-refractivity contribution is -0.274. The van der Waals surface area contributed by atoms with E-state index in [1.54, 1.807) is 0 Å². The van der Waals surface area contributed by atoms with Crippen molar-refractivity contribution >= 4 is 58.3 Å². The number of rotatable bonds is 4. The summed E-state index contributed by atoms with van der Waals surface area (Å²) >= 11 is 18.0. The van der Waals surface area contributed by atoms with E-state index in [9.17, 15) is 22.8 Å². The number of nitrogens with one attached hydrogen (secondary N) is 4. The highest BCUT2D eigenvalue weighted by molar-refractivity contribution is 6.39. The van der Waals surface area contributed by atoms with Crippen LogP contribution in [0, 0.1) is 0 Å². The molecule has 0 fully saturated rings. The molecule has 0 bridgehead atoms. The maximum Gasteiger partial charge on any atom is 0.573 e. The summed E-state index contributed by atoms with van der Waals surface area (Å²) in [6.45, 7) is 0. The molecule has 0 unspecified atom stereocenters. The Balaban J connectivity index is 1.97. The first kappa shape index (κ1) is 23.7. The number of nitrogens with zero attached hydrogens (tertiary/aromatic N) is 2. The molecule has 15 heteroatoms. The zero-order valence-corrected chi connectivity index (χ0v) is 18.0. The molecular weight excluding hydrogens is 500 g/mol. The van der Waals surface area contributed by atoms with Gasteiger partial charge in [-0.3, -0.25) is 19.9 Å². The molecule has 2 aromatic carbocycles. The second-order valence-corrected chi connectivity index (χ2v) is 7.32. The van der Waals surface area contributed by atoms with Crippen LogP contribution in [-0.2, 0) is 0 Å². The van der Waals surface area contributed by atoms with Gasteiger partial charge in [-0.05, 0) is 30.3 Å². The van der Waals surface area contributed by atoms with Gasteiger partial charge in [0.25, 0.3) is 11.8 Å². The Kier molecular flexibility index (Phi) is 6.88. The minimum absolute atomic E-state index is 0.0550. The fourth-order valence-corrected chi connectivity index (χ4v) is 3.26. The van der Waals surface area contributed by atoms with E-state index in [0.29, 0.717) is 0 Å². The van der Waals surface area contributed by atoms with Crippen LogP contribution in [0.4, 0.5) is 18.9 Å². The standard InChI is InChI=1S/C17H12Cl3F3N6O3/c1-29-16(26-27-28-29)25-15(31)9-4-5-11(32-17(21,22)23)13(12(9)20)24-14(30)8-3-2-7(18)6-10(8)19/h2-6,27-28H,1H3,(H,24,30)(H,25,26,31). The SMILES string of the molecule is CN1NNN=C1NC(=O)c1ccc(OC(F)(F)F)c(NC(=O)c2ccc(Cl)cc2Cl)c1Cl. The molecule has 0 aromatic heterocycles. The Morgan fingerprint density at radius 2 is 1.72 bits per heavy atom. The summed E-state index contributed by atoms with van der Waals surface area (Å²) in [5.41, 5.74) is 3.98. The lowest BCUT2D eigenvalue weighted by atomic mass is 10.1. The van der Waals surface area contributed by atoms with Crippen LogP contribution in [0.2, 0.25) is 15.1 Å². The summed E-state index contributed by atoms with van der Waals surface area (Å²) in [6.07, 6.45) is -5.09. The fraction of sp³-hybridized carbons (Fsp3) is 0.118. The number of guanidine groups is 1. The average Bonchev–Trinajstić information content (AvgIpc) is 3.07. The van der Waals surface area contributed by atoms with Gasteiger partial charge in [-0.2, -0.15) is 0 Å². The lowest BCUT2D eigenvalue weighted by Crippen LogP contribution is -2.45. The van der Waals surface area contributed by atoms with Crippen LogP contribution in [0.1, 0.15) is 20.7 Å². The predicted molar refractivity (Wildman–Crippen MR) is 111 cm³/mol. The number of halogens is 6. The molecule has 1 aliphatic heterocycles. The van der Waals surface area contributed by atoms with E-state index in [-0.39, 0.29) is 27.1 Å². The van der Waals surface area contributed by atoms with Crippen molar-refractivity contribution in [2.24, 2.45) is 5.10 Å². The number of alkyl halides is 3. The van der Waals surface area contributed by atoms with E-state index in [2.05, 4.69) is 31.5 Å². The third-order valence-electron chi connectivity index (χ3n) is 3.91. The lowest BCUT2D eigenvalue weighted by Gasteiger charge is -2.18. The average molecular weight is 512 g/mol. The summed E-state index contributed by atoms with van der Waals surface area (Å²) in [6, 6.07) is 5.74. The monoisotopic (exact) mass is 510 g/mol. The van der Waals surface area contributed by atoms with Gasteiger partial charge in [0.15, 0.2) is 5.75 Å². The number of anilines is 1. The van der Waals surface area contributed by atoms with Crippen LogP contribution in [0.3, 0.4) is 0 Å². The molecular formula is C17H12Cl3F3N6O3. The Hall–Kier alpha value is -2.93. The van der Waals surface area contributed by atoms with E-state index in [4.69, 9.17) is 34.8 Å². The van der Waals surface area contributed by atoms with Crippen LogP contribution >= 0.6 is 34.8 Å². The van der Waals surface area contributed by atoms with Crippen molar-refractivity contribution < 1.29 is 27.5 Å². The molecule has 32 heavy (non-hydrogen) atoms. The number of hydrazine groups is 2. The highest BCUT2D eigenvalue weighted by atomic mass is 35.5. The van der Waals surface area contributed by atoms with E-state index in [0.717, 1.165) is 12.1 Å². The summed E-state index contributed by atoms with van der Waals surface area (Å²) in [7, 11) is 1.53. The number of hydrogen-bond donors (Lipinski definition) is 4. The van der Waals surface area contributed by atoms with Crippen LogP contribution in [0.15, 0.2) is 35.4 Å². The van der Waals surface area contributed by atoms with Gasteiger partial charge in [0.1, 0.15) is 5.69 Å². The topological polar surface area (TPSA) is 107 Å². The van der Waals surface area contributed by atoms with E-state index in [1.165, 1.54) is 30.3 Å². The molecule has 9 nitrogen and oxygen atoms in total. The van der Waals surface area contributed by atoms with Gasteiger partial charge in [0.05, 0.1) is 21.2 Å². The van der Waals surface area contributed by atoms with Crippen molar-refractivity contribution in [1.29, 1.82) is 0 Å². The van der Waals surface area contributed by atoms with Crippen molar-refractivity contribution in [2.75, 3.05) is 12.4 Å². The van der Waals surface area contributed by atoms with E-state index >= 15 is 0 Å². The number of carbonyl (C=O) groups excluding carboxylic acids is 2. The predicted octanol–water partition coefficient (Wildman–Crippen LogP) is 3.75. The largest absolute Gasteiger partial charge is 0.573 e. The second kappa shape index (κ2) is 9.28. The number of carbonyl (C=O) groups is 2. The fourth-order valence-electron chi connectivity index (χ4n) is 2.48. The van der Waals surface area contributed by atoms with Gasteiger partial charge in [0.2, 0.25) is 5.96 Å². The number of ether oxygens (including phenoxy) is 1. The van der Waals surface area contributed by atoms with Gasteiger partial charge in [0, 0.05) is 12.1 Å². The van der Waals surface area contributed by atoms with Crippen molar-refractivity contribution in [1.82, 2.24) is 21.4 Å². The van der Waals surface area contributed by atoms with Crippen molar-refractivity contribution in [3.63, 3.8) is 0 Å². The molecule has 1 heterocycles. The van der Waals surface area contributed by atoms with Crippen molar-refractivity contribution in [3.05, 3.63) is 56.5 Å². The Morgan fingerprint density at radius 1 is 1.06 bits per heavy atom.